The molecule has 1 amide bonds. The Morgan fingerprint density at radius 2 is 1.88 bits per heavy atom. The molecule has 3 aromatic heterocycles. The largest absolute Gasteiger partial charge is 0.496 e. The van der Waals surface area contributed by atoms with Crippen molar-refractivity contribution in [1.82, 2.24) is 30.0 Å². The lowest BCUT2D eigenvalue weighted by atomic mass is 10.1. The summed E-state index contributed by atoms with van der Waals surface area (Å²) in [7, 11) is 3.18. The Morgan fingerprint density at radius 1 is 1.06 bits per heavy atom. The summed E-state index contributed by atoms with van der Waals surface area (Å²) in [5, 5.41) is 7.32. The average Bonchev–Trinajstić information content (AvgIpc) is 3.28. The lowest BCUT2D eigenvalue weighted by Gasteiger charge is -2.11. The van der Waals surface area contributed by atoms with Crippen LogP contribution in [0.2, 0.25) is 0 Å². The molecule has 3 heterocycles. The molecule has 9 heteroatoms. The molecule has 0 radical (unpaired) electrons. The van der Waals surface area contributed by atoms with Crippen LogP contribution in [0.1, 0.15) is 21.6 Å². The fourth-order valence-corrected chi connectivity index (χ4v) is 3.43. The maximum atomic E-state index is 12.9. The van der Waals surface area contributed by atoms with Gasteiger partial charge in [0.25, 0.3) is 11.9 Å². The standard InChI is InChI=1S/C24H24N6O3/c1-32-16-21-19(23(31)26-13-9-17-7-11-25-12-8-17)15-28-30(21)24-27-14-10-20(29-24)18-5-3-4-6-22(18)33-2/h3-8,10-12,14-15H,9,13,16H2,1-2H3,(H,26,31). The van der Waals surface area contributed by atoms with Gasteiger partial charge in [-0.3, -0.25) is 9.78 Å². The van der Waals surface area contributed by atoms with Gasteiger partial charge in [-0.1, -0.05) is 12.1 Å². The van der Waals surface area contributed by atoms with Gasteiger partial charge in [-0.25, -0.2) is 9.97 Å². The first kappa shape index (κ1) is 22.1. The predicted molar refractivity (Wildman–Crippen MR) is 122 cm³/mol. The number of carbonyl (C=O) groups is 1. The van der Waals surface area contributed by atoms with Gasteiger partial charge in [0, 0.05) is 37.8 Å². The van der Waals surface area contributed by atoms with Crippen molar-refractivity contribution in [3.8, 4) is 23.0 Å². The number of methoxy groups -OCH3 is 2. The van der Waals surface area contributed by atoms with Gasteiger partial charge in [0.05, 0.1) is 36.9 Å². The van der Waals surface area contributed by atoms with Crippen LogP contribution in [0.3, 0.4) is 0 Å². The predicted octanol–water partition coefficient (Wildman–Crippen LogP) is 2.85. The van der Waals surface area contributed by atoms with Crippen LogP contribution in [0.5, 0.6) is 5.75 Å². The summed E-state index contributed by atoms with van der Waals surface area (Å²) in [5.41, 5.74) is 3.59. The molecule has 0 spiro atoms. The Kier molecular flexibility index (Phi) is 7.01. The Labute approximate surface area is 191 Å². The van der Waals surface area contributed by atoms with E-state index in [4.69, 9.17) is 9.47 Å². The highest BCUT2D eigenvalue weighted by atomic mass is 16.5. The maximum Gasteiger partial charge on any atom is 0.254 e. The van der Waals surface area contributed by atoms with Gasteiger partial charge in [0.2, 0.25) is 0 Å². The van der Waals surface area contributed by atoms with E-state index >= 15 is 0 Å². The molecule has 0 fully saturated rings. The van der Waals surface area contributed by atoms with Crippen molar-refractivity contribution in [1.29, 1.82) is 0 Å². The molecule has 0 saturated heterocycles. The molecule has 1 N–H and O–H groups in total. The van der Waals surface area contributed by atoms with Crippen LogP contribution in [0, 0.1) is 0 Å². The molecule has 0 unspecified atom stereocenters. The summed E-state index contributed by atoms with van der Waals surface area (Å²) in [6.45, 7) is 0.662. The average molecular weight is 444 g/mol. The second-order valence-corrected chi connectivity index (χ2v) is 7.15. The fraction of sp³-hybridized carbons (Fsp3) is 0.208. The van der Waals surface area contributed by atoms with Gasteiger partial charge < -0.3 is 14.8 Å². The van der Waals surface area contributed by atoms with Crippen molar-refractivity contribution in [2.24, 2.45) is 0 Å². The Morgan fingerprint density at radius 3 is 2.67 bits per heavy atom. The highest BCUT2D eigenvalue weighted by Crippen LogP contribution is 2.28. The number of nitrogens with zero attached hydrogens (tertiary/aromatic N) is 5. The summed E-state index contributed by atoms with van der Waals surface area (Å²) in [6, 6.07) is 13.3. The number of benzene rings is 1. The molecule has 33 heavy (non-hydrogen) atoms. The summed E-state index contributed by atoms with van der Waals surface area (Å²) >= 11 is 0. The van der Waals surface area contributed by atoms with E-state index < -0.39 is 0 Å². The highest BCUT2D eigenvalue weighted by Gasteiger charge is 2.20. The second-order valence-electron chi connectivity index (χ2n) is 7.15. The minimum Gasteiger partial charge on any atom is -0.496 e. The summed E-state index contributed by atoms with van der Waals surface area (Å²) < 4.78 is 12.3. The van der Waals surface area contributed by atoms with Crippen molar-refractivity contribution in [3.63, 3.8) is 0 Å². The molecular weight excluding hydrogens is 420 g/mol. The third-order valence-corrected chi connectivity index (χ3v) is 5.06. The molecule has 4 rings (SSSR count). The number of nitrogens with one attached hydrogen (secondary N) is 1. The maximum absolute atomic E-state index is 12.9. The Bertz CT molecular complexity index is 1230. The molecule has 0 atom stereocenters. The van der Waals surface area contributed by atoms with E-state index in [0.29, 0.717) is 41.6 Å². The monoisotopic (exact) mass is 444 g/mol. The first-order valence-electron chi connectivity index (χ1n) is 10.4. The smallest absolute Gasteiger partial charge is 0.254 e. The number of rotatable bonds is 9. The number of ether oxygens (including phenoxy) is 2. The van der Waals surface area contributed by atoms with E-state index in [0.717, 1.165) is 11.1 Å². The summed E-state index contributed by atoms with van der Waals surface area (Å²) in [4.78, 5) is 25.9. The Hall–Kier alpha value is -4.11. The number of amides is 1. The molecule has 0 aliphatic heterocycles. The van der Waals surface area contributed by atoms with E-state index in [9.17, 15) is 4.79 Å². The van der Waals surface area contributed by atoms with Crippen LogP contribution in [0.15, 0.2) is 67.3 Å². The zero-order chi connectivity index (χ0) is 23.0. The van der Waals surface area contributed by atoms with Crippen molar-refractivity contribution in [3.05, 3.63) is 84.1 Å². The van der Waals surface area contributed by atoms with Crippen molar-refractivity contribution >= 4 is 5.91 Å². The summed E-state index contributed by atoms with van der Waals surface area (Å²) in [5.74, 6) is 0.804. The van der Waals surface area contributed by atoms with Crippen LogP contribution in [-0.2, 0) is 17.8 Å². The van der Waals surface area contributed by atoms with E-state index in [1.807, 2.05) is 36.4 Å². The number of aromatic nitrogens is 5. The van der Waals surface area contributed by atoms with Gasteiger partial charge >= 0.3 is 0 Å². The molecule has 1 aromatic carbocycles. The highest BCUT2D eigenvalue weighted by molar-refractivity contribution is 5.95. The van der Waals surface area contributed by atoms with E-state index in [1.54, 1.807) is 38.9 Å². The second kappa shape index (κ2) is 10.5. The van der Waals surface area contributed by atoms with Crippen molar-refractivity contribution < 1.29 is 14.3 Å². The third kappa shape index (κ3) is 5.04. The number of para-hydroxylation sites is 1. The lowest BCUT2D eigenvalue weighted by molar-refractivity contribution is 0.0948. The molecule has 0 aliphatic carbocycles. The molecule has 9 nitrogen and oxygen atoms in total. The molecule has 168 valence electrons. The van der Waals surface area contributed by atoms with Crippen molar-refractivity contribution in [2.75, 3.05) is 20.8 Å². The van der Waals surface area contributed by atoms with Crippen LogP contribution in [0.25, 0.3) is 17.2 Å². The summed E-state index contributed by atoms with van der Waals surface area (Å²) in [6.07, 6.45) is 7.33. The zero-order valence-electron chi connectivity index (χ0n) is 18.4. The SMILES string of the molecule is COCc1c(C(=O)NCCc2ccncc2)cnn1-c1nccc(-c2ccccc2OC)n1. The molecule has 0 aliphatic rings. The normalized spacial score (nSPS) is 10.7. The number of pyridine rings is 1. The van der Waals surface area contributed by atoms with Gasteiger partial charge in [0.1, 0.15) is 5.75 Å². The minimum atomic E-state index is -0.233. The number of hydrogen-bond donors (Lipinski definition) is 1. The quantitative estimate of drug-likeness (QED) is 0.423. The van der Waals surface area contributed by atoms with Gasteiger partial charge in [-0.2, -0.15) is 9.78 Å². The molecule has 0 bridgehead atoms. The van der Waals surface area contributed by atoms with Gasteiger partial charge in [-0.15, -0.1) is 0 Å². The van der Waals surface area contributed by atoms with Crippen LogP contribution < -0.4 is 10.1 Å². The topological polar surface area (TPSA) is 104 Å². The molecule has 4 aromatic rings. The third-order valence-electron chi connectivity index (χ3n) is 5.06. The fourth-order valence-electron chi connectivity index (χ4n) is 3.43. The first-order valence-corrected chi connectivity index (χ1v) is 10.4. The Balaban J connectivity index is 1.58. The van der Waals surface area contributed by atoms with Crippen LogP contribution in [0.4, 0.5) is 0 Å². The van der Waals surface area contributed by atoms with Crippen molar-refractivity contribution in [2.45, 2.75) is 13.0 Å². The van der Waals surface area contributed by atoms with Gasteiger partial charge in [0.15, 0.2) is 0 Å². The number of carbonyl (C=O) groups excluding carboxylic acids is 1. The zero-order valence-corrected chi connectivity index (χ0v) is 18.4. The van der Waals surface area contributed by atoms with E-state index in [1.165, 1.54) is 10.9 Å². The van der Waals surface area contributed by atoms with E-state index in [2.05, 4.69) is 25.4 Å². The lowest BCUT2D eigenvalue weighted by Crippen LogP contribution is -2.26. The molecular formula is C24H24N6O3. The molecule has 0 saturated carbocycles. The van der Waals surface area contributed by atoms with Crippen LogP contribution in [-0.4, -0.2) is 51.4 Å². The van der Waals surface area contributed by atoms with Gasteiger partial charge in [-0.05, 0) is 42.3 Å². The number of hydrogen-bond acceptors (Lipinski definition) is 7. The van der Waals surface area contributed by atoms with E-state index in [-0.39, 0.29) is 12.5 Å². The first-order chi connectivity index (χ1) is 16.2. The minimum absolute atomic E-state index is 0.176. The van der Waals surface area contributed by atoms with Crippen LogP contribution >= 0.6 is 0 Å².